The highest BCUT2D eigenvalue weighted by molar-refractivity contribution is 6.07. The number of urea groups is 1. The smallest absolute Gasteiger partial charge is 0.325 e. The first kappa shape index (κ1) is 19.9. The predicted octanol–water partition coefficient (Wildman–Crippen LogP) is 3.36. The molecule has 3 aromatic carbocycles. The molecule has 0 spiro atoms. The van der Waals surface area contributed by atoms with Gasteiger partial charge in [0.15, 0.2) is 0 Å². The van der Waals surface area contributed by atoms with Crippen LogP contribution in [0.3, 0.4) is 0 Å². The highest BCUT2D eigenvalue weighted by Gasteiger charge is 2.49. The largest absolute Gasteiger partial charge is 0.490 e. The number of carbonyl (C=O) groups is 2. The second-order valence-corrected chi connectivity index (χ2v) is 7.78. The van der Waals surface area contributed by atoms with E-state index in [1.165, 1.54) is 0 Å². The maximum atomic E-state index is 13.0. The maximum Gasteiger partial charge on any atom is 0.325 e. The molecule has 2 atom stereocenters. The number of aryl methyl sites for hydroxylation is 1. The van der Waals surface area contributed by atoms with Gasteiger partial charge in [0.05, 0.1) is 6.54 Å². The minimum Gasteiger partial charge on any atom is -0.490 e. The molecule has 0 unspecified atom stereocenters. The Labute approximate surface area is 175 Å². The zero-order valence-corrected chi connectivity index (χ0v) is 17.0. The number of hydrogen-bond acceptors (Lipinski definition) is 4. The molecule has 0 saturated carbocycles. The molecule has 6 heteroatoms. The van der Waals surface area contributed by atoms with E-state index >= 15 is 0 Å². The van der Waals surface area contributed by atoms with Crippen LogP contribution in [0.4, 0.5) is 4.79 Å². The van der Waals surface area contributed by atoms with Crippen molar-refractivity contribution < 1.29 is 19.4 Å². The van der Waals surface area contributed by atoms with E-state index in [0.29, 0.717) is 11.3 Å². The highest BCUT2D eigenvalue weighted by Crippen LogP contribution is 2.29. The van der Waals surface area contributed by atoms with Crippen LogP contribution < -0.4 is 10.1 Å². The molecule has 1 aliphatic rings. The van der Waals surface area contributed by atoms with E-state index in [0.717, 1.165) is 21.2 Å². The molecule has 154 valence electrons. The van der Waals surface area contributed by atoms with Crippen molar-refractivity contribution in [3.8, 4) is 5.75 Å². The van der Waals surface area contributed by atoms with Gasteiger partial charge in [0.2, 0.25) is 0 Å². The lowest BCUT2D eigenvalue weighted by Gasteiger charge is -2.23. The number of imide groups is 1. The van der Waals surface area contributed by atoms with Gasteiger partial charge in [0.25, 0.3) is 5.91 Å². The lowest BCUT2D eigenvalue weighted by Crippen LogP contribution is -2.42. The number of β-amino-alcohol motifs (C(OH)–C–C–N with tert-alkyl or cyclic N) is 1. The molecule has 6 nitrogen and oxygen atoms in total. The third-order valence-electron chi connectivity index (χ3n) is 5.48. The SMILES string of the molecule is Cc1ccc([C@@]2(C)NC(=O)N(C[C@@H](O)COc3cccc4ccccc34)C2=O)cc1. The Morgan fingerprint density at radius 1 is 1.03 bits per heavy atom. The van der Waals surface area contributed by atoms with Crippen molar-refractivity contribution in [1.82, 2.24) is 10.2 Å². The standard InChI is InChI=1S/C24H24N2O4/c1-16-10-12-18(13-11-16)24(2)22(28)26(23(29)25-24)14-19(27)15-30-21-9-5-7-17-6-3-4-8-20(17)21/h3-13,19,27H,14-15H2,1-2H3,(H,25,29)/t19-,24-/m1/s1. The van der Waals surface area contributed by atoms with Gasteiger partial charge in [0.1, 0.15) is 24.0 Å². The number of nitrogens with one attached hydrogen (secondary N) is 1. The summed E-state index contributed by atoms with van der Waals surface area (Å²) in [6.45, 7) is 3.46. The molecule has 0 aromatic heterocycles. The second-order valence-electron chi connectivity index (χ2n) is 7.78. The summed E-state index contributed by atoms with van der Waals surface area (Å²) in [4.78, 5) is 26.5. The van der Waals surface area contributed by atoms with E-state index in [1.807, 2.05) is 73.7 Å². The van der Waals surface area contributed by atoms with Crippen LogP contribution in [0.15, 0.2) is 66.7 Å². The fraction of sp³-hybridized carbons (Fsp3) is 0.250. The van der Waals surface area contributed by atoms with Crippen molar-refractivity contribution in [2.45, 2.75) is 25.5 Å². The number of hydrogen-bond donors (Lipinski definition) is 2. The summed E-state index contributed by atoms with van der Waals surface area (Å²) in [5.41, 5.74) is 0.619. The second kappa shape index (κ2) is 7.80. The van der Waals surface area contributed by atoms with Crippen LogP contribution in [-0.4, -0.2) is 41.2 Å². The van der Waals surface area contributed by atoms with Gasteiger partial charge in [-0.2, -0.15) is 0 Å². The van der Waals surface area contributed by atoms with Crippen LogP contribution in [0.1, 0.15) is 18.1 Å². The number of nitrogens with zero attached hydrogens (tertiary/aromatic N) is 1. The van der Waals surface area contributed by atoms with Crippen LogP contribution in [0.2, 0.25) is 0 Å². The van der Waals surface area contributed by atoms with Gasteiger partial charge >= 0.3 is 6.03 Å². The van der Waals surface area contributed by atoms with Gasteiger partial charge in [-0.25, -0.2) is 4.79 Å². The van der Waals surface area contributed by atoms with Crippen molar-refractivity contribution in [3.05, 3.63) is 77.9 Å². The normalized spacial score (nSPS) is 19.8. The monoisotopic (exact) mass is 404 g/mol. The molecule has 0 radical (unpaired) electrons. The zero-order valence-electron chi connectivity index (χ0n) is 17.0. The van der Waals surface area contributed by atoms with Gasteiger partial charge in [-0.1, -0.05) is 66.2 Å². The fourth-order valence-electron chi connectivity index (χ4n) is 3.72. The van der Waals surface area contributed by atoms with Crippen LogP contribution >= 0.6 is 0 Å². The number of carbonyl (C=O) groups excluding carboxylic acids is 2. The summed E-state index contributed by atoms with van der Waals surface area (Å²) in [7, 11) is 0. The van der Waals surface area contributed by atoms with Gasteiger partial charge in [-0.15, -0.1) is 0 Å². The predicted molar refractivity (Wildman–Crippen MR) is 114 cm³/mol. The summed E-state index contributed by atoms with van der Waals surface area (Å²) < 4.78 is 5.79. The number of fused-ring (bicyclic) bond motifs is 1. The summed E-state index contributed by atoms with van der Waals surface area (Å²) in [6, 6.07) is 20.4. The molecular weight excluding hydrogens is 380 g/mol. The topological polar surface area (TPSA) is 78.9 Å². The minimum atomic E-state index is -1.15. The first-order valence-corrected chi connectivity index (χ1v) is 9.88. The minimum absolute atomic E-state index is 0.0354. The number of aliphatic hydroxyl groups is 1. The Kier molecular flexibility index (Phi) is 5.18. The number of amides is 3. The fourth-order valence-corrected chi connectivity index (χ4v) is 3.72. The first-order chi connectivity index (χ1) is 14.4. The van der Waals surface area contributed by atoms with Gasteiger partial charge in [-0.05, 0) is 30.9 Å². The molecule has 1 fully saturated rings. The third kappa shape index (κ3) is 3.62. The average Bonchev–Trinajstić information content (AvgIpc) is 2.96. The van der Waals surface area contributed by atoms with E-state index < -0.39 is 17.7 Å². The van der Waals surface area contributed by atoms with Crippen molar-refractivity contribution >= 4 is 22.7 Å². The molecule has 3 aromatic rings. The zero-order chi connectivity index (χ0) is 21.3. The molecule has 1 saturated heterocycles. The van der Waals surface area contributed by atoms with Crippen molar-refractivity contribution in [1.29, 1.82) is 0 Å². The van der Waals surface area contributed by atoms with Crippen molar-refractivity contribution in [2.24, 2.45) is 0 Å². The Balaban J connectivity index is 1.44. The number of ether oxygens (including phenoxy) is 1. The van der Waals surface area contributed by atoms with Crippen LogP contribution in [0, 0.1) is 6.92 Å². The van der Waals surface area contributed by atoms with Crippen LogP contribution in [-0.2, 0) is 10.3 Å². The summed E-state index contributed by atoms with van der Waals surface area (Å²) in [5, 5.41) is 15.2. The Hall–Kier alpha value is -3.38. The molecule has 1 aliphatic heterocycles. The molecule has 3 amide bonds. The molecule has 4 rings (SSSR count). The van der Waals surface area contributed by atoms with E-state index in [4.69, 9.17) is 4.74 Å². The Morgan fingerprint density at radius 3 is 2.50 bits per heavy atom. The van der Waals surface area contributed by atoms with Gasteiger partial charge < -0.3 is 15.2 Å². The average molecular weight is 404 g/mol. The molecule has 2 N–H and O–H groups in total. The molecule has 30 heavy (non-hydrogen) atoms. The first-order valence-electron chi connectivity index (χ1n) is 9.88. The maximum absolute atomic E-state index is 13.0. The van der Waals surface area contributed by atoms with Crippen LogP contribution in [0.5, 0.6) is 5.75 Å². The third-order valence-corrected chi connectivity index (χ3v) is 5.48. The van der Waals surface area contributed by atoms with Crippen molar-refractivity contribution in [2.75, 3.05) is 13.2 Å². The quantitative estimate of drug-likeness (QED) is 0.618. The lowest BCUT2D eigenvalue weighted by molar-refractivity contribution is -0.132. The molecule has 0 aliphatic carbocycles. The molecule has 1 heterocycles. The van der Waals surface area contributed by atoms with Gasteiger partial charge in [-0.3, -0.25) is 9.69 Å². The van der Waals surface area contributed by atoms with E-state index in [9.17, 15) is 14.7 Å². The Morgan fingerprint density at radius 2 is 1.73 bits per heavy atom. The molecular formula is C24H24N2O4. The number of rotatable bonds is 6. The lowest BCUT2D eigenvalue weighted by atomic mass is 9.91. The van der Waals surface area contributed by atoms with E-state index in [-0.39, 0.29) is 19.1 Å². The molecule has 0 bridgehead atoms. The summed E-state index contributed by atoms with van der Waals surface area (Å²) in [6.07, 6.45) is -1.01. The summed E-state index contributed by atoms with van der Waals surface area (Å²) >= 11 is 0. The summed E-state index contributed by atoms with van der Waals surface area (Å²) in [5.74, 6) is 0.259. The van der Waals surface area contributed by atoms with Crippen LogP contribution in [0.25, 0.3) is 10.8 Å². The van der Waals surface area contributed by atoms with Crippen molar-refractivity contribution in [3.63, 3.8) is 0 Å². The number of benzene rings is 3. The van der Waals surface area contributed by atoms with Gasteiger partial charge in [0, 0.05) is 5.39 Å². The Bertz CT molecular complexity index is 1090. The highest BCUT2D eigenvalue weighted by atomic mass is 16.5. The van der Waals surface area contributed by atoms with E-state index in [2.05, 4.69) is 5.32 Å². The number of aliphatic hydroxyl groups excluding tert-OH is 1. The van der Waals surface area contributed by atoms with E-state index in [1.54, 1.807) is 6.92 Å².